The number of aryl methyl sites for hydroxylation is 2. The van der Waals surface area contributed by atoms with Crippen molar-refractivity contribution < 1.29 is 9.53 Å². The maximum atomic E-state index is 13.1. The van der Waals surface area contributed by atoms with E-state index in [0.717, 1.165) is 48.4 Å². The van der Waals surface area contributed by atoms with Crippen LogP contribution in [-0.4, -0.2) is 49.1 Å². The molecule has 2 aromatic carbocycles. The first-order chi connectivity index (χ1) is 13.1. The Hall–Kier alpha value is -2.95. The molecule has 1 amide bonds. The average molecular weight is 363 g/mol. The molecule has 1 aliphatic rings. The lowest BCUT2D eigenvalue weighted by Crippen LogP contribution is -2.49. The Morgan fingerprint density at radius 3 is 2.52 bits per heavy atom. The largest absolute Gasteiger partial charge is 0.497 e. The standard InChI is InChI=1S/C22H25N3O2/c1-15-5-4-6-17(13-15)24-9-11-25(12-10-24)22(26)21-16(2)19-8-7-18(27-3)14-20(19)23-21/h4-8,13-14,23H,9-12H2,1-3H3. The van der Waals surface area contributed by atoms with Gasteiger partial charge >= 0.3 is 0 Å². The number of nitrogens with one attached hydrogen (secondary N) is 1. The van der Waals surface area contributed by atoms with Gasteiger partial charge in [0.25, 0.3) is 5.91 Å². The van der Waals surface area contributed by atoms with Gasteiger partial charge in [0, 0.05) is 48.8 Å². The molecule has 0 atom stereocenters. The number of fused-ring (bicyclic) bond motifs is 1. The Labute approximate surface area is 159 Å². The van der Waals surface area contributed by atoms with Gasteiger partial charge in [0.1, 0.15) is 11.4 Å². The fourth-order valence-electron chi connectivity index (χ4n) is 3.81. The first-order valence-corrected chi connectivity index (χ1v) is 9.34. The Balaban J connectivity index is 1.51. The molecule has 3 aromatic rings. The number of amides is 1. The minimum Gasteiger partial charge on any atom is -0.497 e. The molecule has 5 nitrogen and oxygen atoms in total. The van der Waals surface area contributed by atoms with Crippen molar-refractivity contribution in [2.75, 3.05) is 38.2 Å². The van der Waals surface area contributed by atoms with Crippen LogP contribution in [0.3, 0.4) is 0 Å². The van der Waals surface area contributed by atoms with E-state index in [-0.39, 0.29) is 5.91 Å². The summed E-state index contributed by atoms with van der Waals surface area (Å²) in [6, 6.07) is 14.4. The zero-order valence-electron chi connectivity index (χ0n) is 16.1. The third-order valence-electron chi connectivity index (χ3n) is 5.41. The van der Waals surface area contributed by atoms with E-state index in [0.29, 0.717) is 5.69 Å². The second-order valence-electron chi connectivity index (χ2n) is 7.15. The van der Waals surface area contributed by atoms with Gasteiger partial charge < -0.3 is 19.5 Å². The highest BCUT2D eigenvalue weighted by molar-refractivity contribution is 6.01. The number of rotatable bonds is 3. The zero-order chi connectivity index (χ0) is 19.0. The summed E-state index contributed by atoms with van der Waals surface area (Å²) in [6.45, 7) is 7.26. The summed E-state index contributed by atoms with van der Waals surface area (Å²) >= 11 is 0. The number of piperazine rings is 1. The average Bonchev–Trinajstić information content (AvgIpc) is 3.03. The van der Waals surface area contributed by atoms with Gasteiger partial charge in [0.15, 0.2) is 0 Å². The zero-order valence-corrected chi connectivity index (χ0v) is 16.1. The molecule has 1 saturated heterocycles. The molecule has 1 aromatic heterocycles. The van der Waals surface area contributed by atoms with E-state index in [4.69, 9.17) is 4.74 Å². The van der Waals surface area contributed by atoms with Gasteiger partial charge in [0.2, 0.25) is 0 Å². The monoisotopic (exact) mass is 363 g/mol. The maximum absolute atomic E-state index is 13.1. The van der Waals surface area contributed by atoms with Gasteiger partial charge in [-0.3, -0.25) is 4.79 Å². The van der Waals surface area contributed by atoms with Crippen molar-refractivity contribution in [2.24, 2.45) is 0 Å². The Morgan fingerprint density at radius 1 is 1.04 bits per heavy atom. The van der Waals surface area contributed by atoms with Crippen molar-refractivity contribution >= 4 is 22.5 Å². The molecule has 1 N–H and O–H groups in total. The van der Waals surface area contributed by atoms with E-state index >= 15 is 0 Å². The molecule has 27 heavy (non-hydrogen) atoms. The highest BCUT2D eigenvalue weighted by Crippen LogP contribution is 2.27. The second kappa shape index (κ2) is 6.99. The van der Waals surface area contributed by atoms with Gasteiger partial charge in [0.05, 0.1) is 7.11 Å². The summed E-state index contributed by atoms with van der Waals surface area (Å²) in [7, 11) is 1.65. The number of hydrogen-bond donors (Lipinski definition) is 1. The number of hydrogen-bond acceptors (Lipinski definition) is 3. The normalized spacial score (nSPS) is 14.6. The Bertz CT molecular complexity index is 984. The number of aromatic nitrogens is 1. The molecule has 0 unspecified atom stereocenters. The first-order valence-electron chi connectivity index (χ1n) is 9.34. The van der Waals surface area contributed by atoms with Crippen LogP contribution in [0.25, 0.3) is 10.9 Å². The van der Waals surface area contributed by atoms with Crippen LogP contribution in [-0.2, 0) is 0 Å². The predicted octanol–water partition coefficient (Wildman–Crippen LogP) is 3.76. The fraction of sp³-hybridized carbons (Fsp3) is 0.318. The second-order valence-corrected chi connectivity index (χ2v) is 7.15. The van der Waals surface area contributed by atoms with Crippen molar-refractivity contribution in [1.82, 2.24) is 9.88 Å². The van der Waals surface area contributed by atoms with Crippen LogP contribution in [0.1, 0.15) is 21.6 Å². The van der Waals surface area contributed by atoms with Crippen LogP contribution >= 0.6 is 0 Å². The Morgan fingerprint density at radius 2 is 1.81 bits per heavy atom. The summed E-state index contributed by atoms with van der Waals surface area (Å²) in [6.07, 6.45) is 0. The summed E-state index contributed by atoms with van der Waals surface area (Å²) in [5.41, 5.74) is 5.11. The molecule has 2 heterocycles. The number of benzene rings is 2. The quantitative estimate of drug-likeness (QED) is 0.771. The first kappa shape index (κ1) is 17.5. The number of carbonyl (C=O) groups excluding carboxylic acids is 1. The number of carbonyl (C=O) groups is 1. The van der Waals surface area contributed by atoms with Crippen molar-refractivity contribution in [1.29, 1.82) is 0 Å². The lowest BCUT2D eigenvalue weighted by atomic mass is 10.1. The molecular weight excluding hydrogens is 338 g/mol. The number of ether oxygens (including phenoxy) is 1. The fourth-order valence-corrected chi connectivity index (χ4v) is 3.81. The topological polar surface area (TPSA) is 48.6 Å². The number of aromatic amines is 1. The third kappa shape index (κ3) is 3.25. The van der Waals surface area contributed by atoms with Crippen molar-refractivity contribution in [3.8, 4) is 5.75 Å². The molecule has 1 fully saturated rings. The highest BCUT2D eigenvalue weighted by Gasteiger charge is 2.25. The summed E-state index contributed by atoms with van der Waals surface area (Å²) in [5, 5.41) is 1.07. The van der Waals surface area contributed by atoms with Crippen LogP contribution in [0, 0.1) is 13.8 Å². The van der Waals surface area contributed by atoms with Crippen molar-refractivity contribution in [3.63, 3.8) is 0 Å². The third-order valence-corrected chi connectivity index (χ3v) is 5.41. The molecular formula is C22H25N3O2. The van der Waals surface area contributed by atoms with E-state index in [1.807, 2.05) is 30.0 Å². The molecule has 5 heteroatoms. The van der Waals surface area contributed by atoms with Crippen LogP contribution in [0.15, 0.2) is 42.5 Å². The maximum Gasteiger partial charge on any atom is 0.270 e. The molecule has 140 valence electrons. The van der Waals surface area contributed by atoms with Crippen LogP contribution in [0.2, 0.25) is 0 Å². The molecule has 0 aliphatic carbocycles. The SMILES string of the molecule is COc1ccc2c(C)c(C(=O)N3CCN(c4cccc(C)c4)CC3)[nH]c2c1. The number of H-pyrrole nitrogens is 1. The highest BCUT2D eigenvalue weighted by atomic mass is 16.5. The van der Waals surface area contributed by atoms with Gasteiger partial charge in [-0.1, -0.05) is 12.1 Å². The van der Waals surface area contributed by atoms with Crippen LogP contribution in [0.4, 0.5) is 5.69 Å². The lowest BCUT2D eigenvalue weighted by molar-refractivity contribution is 0.0741. The minimum absolute atomic E-state index is 0.0755. The van der Waals surface area contributed by atoms with E-state index in [1.54, 1.807) is 7.11 Å². The number of anilines is 1. The van der Waals surface area contributed by atoms with Gasteiger partial charge in [-0.05, 0) is 49.2 Å². The minimum atomic E-state index is 0.0755. The van der Waals surface area contributed by atoms with E-state index < -0.39 is 0 Å². The molecule has 0 saturated carbocycles. The van der Waals surface area contributed by atoms with E-state index in [2.05, 4.69) is 41.1 Å². The van der Waals surface area contributed by atoms with Crippen molar-refractivity contribution in [2.45, 2.75) is 13.8 Å². The van der Waals surface area contributed by atoms with Crippen LogP contribution < -0.4 is 9.64 Å². The molecule has 0 bridgehead atoms. The summed E-state index contributed by atoms with van der Waals surface area (Å²) < 4.78 is 5.29. The molecule has 0 radical (unpaired) electrons. The number of methoxy groups -OCH3 is 1. The number of nitrogens with zero attached hydrogens (tertiary/aromatic N) is 2. The summed E-state index contributed by atoms with van der Waals surface area (Å²) in [5.74, 6) is 0.862. The molecule has 1 aliphatic heterocycles. The van der Waals surface area contributed by atoms with E-state index in [9.17, 15) is 4.79 Å². The lowest BCUT2D eigenvalue weighted by Gasteiger charge is -2.36. The van der Waals surface area contributed by atoms with Crippen LogP contribution in [0.5, 0.6) is 5.75 Å². The Kier molecular flexibility index (Phi) is 4.52. The van der Waals surface area contributed by atoms with Gasteiger partial charge in [-0.2, -0.15) is 0 Å². The van der Waals surface area contributed by atoms with E-state index in [1.165, 1.54) is 11.3 Å². The smallest absolute Gasteiger partial charge is 0.270 e. The van der Waals surface area contributed by atoms with Gasteiger partial charge in [-0.15, -0.1) is 0 Å². The van der Waals surface area contributed by atoms with Gasteiger partial charge in [-0.25, -0.2) is 0 Å². The molecule has 0 spiro atoms. The van der Waals surface area contributed by atoms with Crippen molar-refractivity contribution in [3.05, 3.63) is 59.3 Å². The summed E-state index contributed by atoms with van der Waals surface area (Å²) in [4.78, 5) is 20.7. The predicted molar refractivity (Wildman–Crippen MR) is 109 cm³/mol. The molecule has 4 rings (SSSR count).